The first-order chi connectivity index (χ1) is 8.41. The van der Waals surface area contributed by atoms with E-state index >= 15 is 0 Å². The van der Waals surface area contributed by atoms with Gasteiger partial charge in [-0.25, -0.2) is 0 Å². The maximum absolute atomic E-state index is 9.40. The average Bonchev–Trinajstić information content (AvgIpc) is 2.37. The van der Waals surface area contributed by atoms with E-state index in [-0.39, 0.29) is 12.0 Å². The number of aliphatic hydroxyl groups excluding tert-OH is 1. The smallest absolute Gasteiger partial charge is 0.0501 e. The Labute approximate surface area is 111 Å². The normalized spacial score (nSPS) is 14.1. The van der Waals surface area contributed by atoms with Crippen LogP contribution in [-0.4, -0.2) is 32.4 Å². The van der Waals surface area contributed by atoms with Gasteiger partial charge in [-0.3, -0.25) is 0 Å². The van der Waals surface area contributed by atoms with Crippen molar-refractivity contribution in [2.75, 3.05) is 37.5 Å². The summed E-state index contributed by atoms with van der Waals surface area (Å²) in [4.78, 5) is 2.12. The summed E-state index contributed by atoms with van der Waals surface area (Å²) in [6.07, 6.45) is 0.961. The predicted molar refractivity (Wildman–Crippen MR) is 79.5 cm³/mol. The van der Waals surface area contributed by atoms with Gasteiger partial charge >= 0.3 is 0 Å². The Balaban J connectivity index is 2.77. The third-order valence-electron chi connectivity index (χ3n) is 3.65. The molecule has 0 amide bonds. The van der Waals surface area contributed by atoms with Gasteiger partial charge in [0.05, 0.1) is 6.61 Å². The number of benzene rings is 1. The van der Waals surface area contributed by atoms with E-state index in [0.29, 0.717) is 0 Å². The Kier molecular flexibility index (Phi) is 5.03. The molecule has 18 heavy (non-hydrogen) atoms. The summed E-state index contributed by atoms with van der Waals surface area (Å²) in [6, 6.07) is 6.37. The highest BCUT2D eigenvalue weighted by atomic mass is 16.3. The van der Waals surface area contributed by atoms with E-state index in [1.165, 1.54) is 11.3 Å². The molecule has 2 N–H and O–H groups in total. The molecular weight excluding hydrogens is 224 g/mol. The predicted octanol–water partition coefficient (Wildman–Crippen LogP) is 2.88. The molecule has 0 fully saturated rings. The first-order valence-electron chi connectivity index (χ1n) is 6.54. The summed E-state index contributed by atoms with van der Waals surface area (Å²) >= 11 is 0. The number of nitrogens with zero attached hydrogens (tertiary/aromatic N) is 1. The molecule has 0 heterocycles. The second-order valence-electron chi connectivity index (χ2n) is 5.57. The van der Waals surface area contributed by atoms with Gasteiger partial charge in [-0.05, 0) is 31.0 Å². The molecule has 0 aliphatic rings. The molecule has 102 valence electrons. The van der Waals surface area contributed by atoms with Crippen molar-refractivity contribution in [2.24, 2.45) is 5.41 Å². The van der Waals surface area contributed by atoms with Crippen molar-refractivity contribution in [1.82, 2.24) is 0 Å². The minimum absolute atomic E-state index is 0.0524. The Bertz CT molecular complexity index is 384. The molecule has 0 bridgehead atoms. The third kappa shape index (κ3) is 3.64. The molecule has 0 aromatic heterocycles. The van der Waals surface area contributed by atoms with E-state index in [4.69, 9.17) is 0 Å². The SMILES string of the molecule is CCC(C)(CO)CNc1ccc(C)c(N(C)C)c1. The van der Waals surface area contributed by atoms with E-state index in [1.54, 1.807) is 0 Å². The summed E-state index contributed by atoms with van der Waals surface area (Å²) in [7, 11) is 4.10. The zero-order valence-electron chi connectivity index (χ0n) is 12.2. The fraction of sp³-hybridized carbons (Fsp3) is 0.600. The molecule has 3 nitrogen and oxygen atoms in total. The zero-order chi connectivity index (χ0) is 13.8. The van der Waals surface area contributed by atoms with Gasteiger partial charge in [0, 0.05) is 37.4 Å². The van der Waals surface area contributed by atoms with Crippen LogP contribution in [0.2, 0.25) is 0 Å². The average molecular weight is 250 g/mol. The van der Waals surface area contributed by atoms with Crippen molar-refractivity contribution in [3.63, 3.8) is 0 Å². The van der Waals surface area contributed by atoms with Crippen molar-refractivity contribution in [1.29, 1.82) is 0 Å². The topological polar surface area (TPSA) is 35.5 Å². The molecule has 1 unspecified atom stereocenters. The summed E-state index contributed by atoms with van der Waals surface area (Å²) < 4.78 is 0. The number of nitrogens with one attached hydrogen (secondary N) is 1. The number of aryl methyl sites for hydroxylation is 1. The molecule has 1 aromatic rings. The molecular formula is C15H26N2O. The maximum Gasteiger partial charge on any atom is 0.0501 e. The first kappa shape index (κ1) is 14.8. The highest BCUT2D eigenvalue weighted by molar-refractivity contribution is 5.61. The lowest BCUT2D eigenvalue weighted by Gasteiger charge is -2.27. The van der Waals surface area contributed by atoms with Gasteiger partial charge in [0.25, 0.3) is 0 Å². The molecule has 0 aliphatic heterocycles. The van der Waals surface area contributed by atoms with Crippen LogP contribution in [0.25, 0.3) is 0 Å². The minimum Gasteiger partial charge on any atom is -0.396 e. The van der Waals surface area contributed by atoms with Gasteiger partial charge in [-0.1, -0.05) is 19.9 Å². The Morgan fingerprint density at radius 3 is 2.50 bits per heavy atom. The lowest BCUT2D eigenvalue weighted by atomic mass is 9.88. The van der Waals surface area contributed by atoms with Crippen LogP contribution in [0.15, 0.2) is 18.2 Å². The molecule has 0 saturated carbocycles. The minimum atomic E-state index is -0.0524. The lowest BCUT2D eigenvalue weighted by molar-refractivity contribution is 0.149. The van der Waals surface area contributed by atoms with E-state index in [2.05, 4.69) is 63.3 Å². The van der Waals surface area contributed by atoms with E-state index in [0.717, 1.165) is 18.7 Å². The van der Waals surface area contributed by atoms with E-state index < -0.39 is 0 Å². The molecule has 0 saturated heterocycles. The van der Waals surface area contributed by atoms with Gasteiger partial charge in [0.1, 0.15) is 0 Å². The van der Waals surface area contributed by atoms with E-state index in [1.807, 2.05) is 0 Å². The van der Waals surface area contributed by atoms with E-state index in [9.17, 15) is 5.11 Å². The van der Waals surface area contributed by atoms with Crippen molar-refractivity contribution in [3.8, 4) is 0 Å². The number of rotatable bonds is 6. The highest BCUT2D eigenvalue weighted by Crippen LogP contribution is 2.25. The van der Waals surface area contributed by atoms with Crippen LogP contribution in [0.1, 0.15) is 25.8 Å². The van der Waals surface area contributed by atoms with Gasteiger partial charge in [0.15, 0.2) is 0 Å². The summed E-state index contributed by atoms with van der Waals surface area (Å²) in [5.74, 6) is 0. The largest absolute Gasteiger partial charge is 0.396 e. The molecule has 0 radical (unpaired) electrons. The zero-order valence-corrected chi connectivity index (χ0v) is 12.2. The quantitative estimate of drug-likeness (QED) is 0.815. The van der Waals surface area contributed by atoms with Crippen LogP contribution in [0.3, 0.4) is 0 Å². The molecule has 1 rings (SSSR count). The van der Waals surface area contributed by atoms with Crippen LogP contribution in [0, 0.1) is 12.3 Å². The number of hydrogen-bond acceptors (Lipinski definition) is 3. The van der Waals surface area contributed by atoms with Crippen molar-refractivity contribution in [2.45, 2.75) is 27.2 Å². The van der Waals surface area contributed by atoms with Crippen LogP contribution >= 0.6 is 0 Å². The van der Waals surface area contributed by atoms with Crippen molar-refractivity contribution < 1.29 is 5.11 Å². The monoisotopic (exact) mass is 250 g/mol. The molecule has 1 aromatic carbocycles. The number of hydrogen-bond donors (Lipinski definition) is 2. The fourth-order valence-corrected chi connectivity index (χ4v) is 1.81. The number of aliphatic hydroxyl groups is 1. The maximum atomic E-state index is 9.40. The van der Waals surface area contributed by atoms with Gasteiger partial charge < -0.3 is 15.3 Å². The lowest BCUT2D eigenvalue weighted by Crippen LogP contribution is -2.29. The first-order valence-corrected chi connectivity index (χ1v) is 6.54. The van der Waals surface area contributed by atoms with Gasteiger partial charge in [-0.15, -0.1) is 0 Å². The fourth-order valence-electron chi connectivity index (χ4n) is 1.81. The highest BCUT2D eigenvalue weighted by Gasteiger charge is 2.20. The van der Waals surface area contributed by atoms with Crippen molar-refractivity contribution in [3.05, 3.63) is 23.8 Å². The molecule has 3 heteroatoms. The van der Waals surface area contributed by atoms with Crippen LogP contribution in [0.4, 0.5) is 11.4 Å². The second-order valence-corrected chi connectivity index (χ2v) is 5.57. The van der Waals surface area contributed by atoms with Gasteiger partial charge in [-0.2, -0.15) is 0 Å². The molecule has 0 aliphatic carbocycles. The third-order valence-corrected chi connectivity index (χ3v) is 3.65. The second kappa shape index (κ2) is 6.10. The summed E-state index contributed by atoms with van der Waals surface area (Å²) in [5.41, 5.74) is 3.55. The number of anilines is 2. The Hall–Kier alpha value is -1.22. The summed E-state index contributed by atoms with van der Waals surface area (Å²) in [6.45, 7) is 7.32. The van der Waals surface area contributed by atoms with Crippen molar-refractivity contribution >= 4 is 11.4 Å². The Morgan fingerprint density at radius 1 is 1.33 bits per heavy atom. The van der Waals surface area contributed by atoms with Crippen LogP contribution in [0.5, 0.6) is 0 Å². The van der Waals surface area contributed by atoms with Gasteiger partial charge in [0.2, 0.25) is 0 Å². The molecule has 1 atom stereocenters. The van der Waals surface area contributed by atoms with Crippen LogP contribution in [-0.2, 0) is 0 Å². The Morgan fingerprint density at radius 2 is 2.00 bits per heavy atom. The van der Waals surface area contributed by atoms with Crippen LogP contribution < -0.4 is 10.2 Å². The summed E-state index contributed by atoms with van der Waals surface area (Å²) in [5, 5.41) is 12.8. The molecule has 0 spiro atoms. The standard InChI is InChI=1S/C15H26N2O/c1-6-15(3,11-18)10-16-13-8-7-12(2)14(9-13)17(4)5/h7-9,16,18H,6,10-11H2,1-5H3.